The summed E-state index contributed by atoms with van der Waals surface area (Å²) in [5, 5.41) is 7.38. The molecule has 1 amide bonds. The SMILES string of the molecule is O=C(N/N=C/c1cn(Cc2ccccc2)c2ccccc12)C1COc2cc3ccccc3cc2O1. The van der Waals surface area contributed by atoms with Crippen LogP contribution in [0.5, 0.6) is 11.5 Å². The van der Waals surface area contributed by atoms with Crippen molar-refractivity contribution < 1.29 is 14.3 Å². The summed E-state index contributed by atoms with van der Waals surface area (Å²) in [6.45, 7) is 0.881. The van der Waals surface area contributed by atoms with Gasteiger partial charge < -0.3 is 14.0 Å². The van der Waals surface area contributed by atoms with Crippen molar-refractivity contribution in [1.82, 2.24) is 9.99 Å². The molecule has 5 aromatic rings. The van der Waals surface area contributed by atoms with Gasteiger partial charge >= 0.3 is 0 Å². The first-order valence-electron chi connectivity index (χ1n) is 11.5. The lowest BCUT2D eigenvalue weighted by Crippen LogP contribution is -2.42. The molecule has 1 aliphatic heterocycles. The third-order valence-electron chi connectivity index (χ3n) is 6.16. The van der Waals surface area contributed by atoms with Crippen molar-refractivity contribution in [1.29, 1.82) is 0 Å². The largest absolute Gasteiger partial charge is 0.485 e. The minimum Gasteiger partial charge on any atom is -0.485 e. The van der Waals surface area contributed by atoms with E-state index in [1.165, 1.54) is 5.56 Å². The number of nitrogens with zero attached hydrogens (tertiary/aromatic N) is 2. The van der Waals surface area contributed by atoms with Crippen LogP contribution in [0.2, 0.25) is 0 Å². The van der Waals surface area contributed by atoms with Crippen molar-refractivity contribution in [3.63, 3.8) is 0 Å². The Hall–Kier alpha value is -4.58. The van der Waals surface area contributed by atoms with Gasteiger partial charge in [-0.05, 0) is 34.5 Å². The van der Waals surface area contributed by atoms with E-state index in [9.17, 15) is 4.79 Å². The molecular weight excluding hydrogens is 438 g/mol. The van der Waals surface area contributed by atoms with Crippen LogP contribution in [0, 0.1) is 0 Å². The number of carbonyl (C=O) groups is 1. The summed E-state index contributed by atoms with van der Waals surface area (Å²) in [6, 6.07) is 30.3. The molecule has 1 unspecified atom stereocenters. The molecule has 0 radical (unpaired) electrons. The van der Waals surface area contributed by atoms with E-state index in [1.807, 2.05) is 66.7 Å². The Morgan fingerprint density at radius 3 is 2.49 bits per heavy atom. The Bertz CT molecular complexity index is 1560. The number of para-hydroxylation sites is 1. The number of aromatic nitrogens is 1. The van der Waals surface area contributed by atoms with Gasteiger partial charge in [0.25, 0.3) is 5.91 Å². The maximum atomic E-state index is 12.7. The van der Waals surface area contributed by atoms with E-state index in [0.717, 1.165) is 33.8 Å². The molecule has 1 aliphatic rings. The zero-order chi connectivity index (χ0) is 23.6. The van der Waals surface area contributed by atoms with Crippen molar-refractivity contribution in [2.24, 2.45) is 5.10 Å². The number of carbonyl (C=O) groups excluding carboxylic acids is 1. The second-order valence-electron chi connectivity index (χ2n) is 8.51. The van der Waals surface area contributed by atoms with Crippen LogP contribution >= 0.6 is 0 Å². The van der Waals surface area contributed by atoms with Gasteiger partial charge in [0, 0.05) is 29.2 Å². The molecule has 0 saturated carbocycles. The molecule has 1 aromatic heterocycles. The number of ether oxygens (including phenoxy) is 2. The zero-order valence-corrected chi connectivity index (χ0v) is 18.9. The van der Waals surface area contributed by atoms with E-state index in [4.69, 9.17) is 9.47 Å². The molecule has 6 heteroatoms. The third kappa shape index (κ3) is 4.22. The third-order valence-corrected chi connectivity index (χ3v) is 6.16. The van der Waals surface area contributed by atoms with Crippen molar-refractivity contribution in [3.8, 4) is 11.5 Å². The molecule has 0 saturated heterocycles. The van der Waals surface area contributed by atoms with Crippen molar-refractivity contribution in [3.05, 3.63) is 108 Å². The van der Waals surface area contributed by atoms with Crippen molar-refractivity contribution in [2.75, 3.05) is 6.61 Å². The Kier molecular flexibility index (Phi) is 5.39. The number of hydrogen-bond donors (Lipinski definition) is 1. The van der Waals surface area contributed by atoms with Crippen LogP contribution < -0.4 is 14.9 Å². The van der Waals surface area contributed by atoms with Crippen LogP contribution in [0.15, 0.2) is 102 Å². The van der Waals surface area contributed by atoms with E-state index >= 15 is 0 Å². The fraction of sp³-hybridized carbons (Fsp3) is 0.103. The number of hydrogen-bond acceptors (Lipinski definition) is 4. The monoisotopic (exact) mass is 461 g/mol. The molecule has 6 nitrogen and oxygen atoms in total. The molecule has 1 atom stereocenters. The number of nitrogens with one attached hydrogen (secondary N) is 1. The van der Waals surface area contributed by atoms with Gasteiger partial charge in [-0.15, -0.1) is 0 Å². The molecule has 0 spiro atoms. The molecular formula is C29H23N3O3. The van der Waals surface area contributed by atoms with Gasteiger partial charge in [-0.2, -0.15) is 5.10 Å². The minimum atomic E-state index is -0.778. The topological polar surface area (TPSA) is 64.9 Å². The molecule has 172 valence electrons. The first-order valence-corrected chi connectivity index (χ1v) is 11.5. The summed E-state index contributed by atoms with van der Waals surface area (Å²) < 4.78 is 13.9. The van der Waals surface area contributed by atoms with Crippen molar-refractivity contribution >= 4 is 33.8 Å². The fourth-order valence-electron chi connectivity index (χ4n) is 4.41. The lowest BCUT2D eigenvalue weighted by atomic mass is 10.1. The summed E-state index contributed by atoms with van der Waals surface area (Å²) in [6.07, 6.45) is 2.95. The highest BCUT2D eigenvalue weighted by Crippen LogP contribution is 2.35. The van der Waals surface area contributed by atoms with Gasteiger partial charge in [-0.3, -0.25) is 4.79 Å². The number of benzene rings is 4. The van der Waals surface area contributed by atoms with Gasteiger partial charge in [0.1, 0.15) is 6.61 Å². The average Bonchev–Trinajstić information content (AvgIpc) is 3.25. The van der Waals surface area contributed by atoms with Gasteiger partial charge in [0.15, 0.2) is 11.5 Å². The smallest absolute Gasteiger partial charge is 0.284 e. The average molecular weight is 462 g/mol. The quantitative estimate of drug-likeness (QED) is 0.291. The second kappa shape index (κ2) is 8.99. The predicted molar refractivity (Wildman–Crippen MR) is 137 cm³/mol. The van der Waals surface area contributed by atoms with Crippen LogP contribution in [-0.4, -0.2) is 29.4 Å². The maximum absolute atomic E-state index is 12.7. The Morgan fingerprint density at radius 2 is 1.66 bits per heavy atom. The van der Waals surface area contributed by atoms with Gasteiger partial charge in [-0.25, -0.2) is 5.43 Å². The van der Waals surface area contributed by atoms with E-state index in [1.54, 1.807) is 6.21 Å². The summed E-state index contributed by atoms with van der Waals surface area (Å²) in [7, 11) is 0. The Labute approximate surface area is 202 Å². The lowest BCUT2D eigenvalue weighted by molar-refractivity contribution is -0.130. The van der Waals surface area contributed by atoms with E-state index in [0.29, 0.717) is 11.5 Å². The molecule has 0 bridgehead atoms. The summed E-state index contributed by atoms with van der Waals surface area (Å²) in [5.74, 6) is 0.846. The van der Waals surface area contributed by atoms with E-state index in [-0.39, 0.29) is 12.5 Å². The highest BCUT2D eigenvalue weighted by molar-refractivity contribution is 6.00. The molecule has 4 aromatic carbocycles. The van der Waals surface area contributed by atoms with Crippen LogP contribution in [-0.2, 0) is 11.3 Å². The Morgan fingerprint density at radius 1 is 0.943 bits per heavy atom. The highest BCUT2D eigenvalue weighted by atomic mass is 16.6. The minimum absolute atomic E-state index is 0.128. The molecule has 0 fully saturated rings. The normalized spacial score (nSPS) is 15.0. The van der Waals surface area contributed by atoms with Gasteiger partial charge in [-0.1, -0.05) is 72.8 Å². The van der Waals surface area contributed by atoms with Crippen LogP contribution in [0.1, 0.15) is 11.1 Å². The van der Waals surface area contributed by atoms with Crippen molar-refractivity contribution in [2.45, 2.75) is 12.6 Å². The van der Waals surface area contributed by atoms with E-state index < -0.39 is 6.10 Å². The standard InChI is InChI=1S/C29H23N3O3/c33-29(28-19-34-26-14-21-10-4-5-11-22(21)15-27(26)35-28)31-30-16-23-18-32(17-20-8-2-1-3-9-20)25-13-7-6-12-24(23)25/h1-16,18,28H,17,19H2,(H,31,33)/b30-16+. The van der Waals surface area contributed by atoms with Gasteiger partial charge in [0.2, 0.25) is 6.10 Å². The number of rotatable bonds is 5. The van der Waals surface area contributed by atoms with Crippen LogP contribution in [0.4, 0.5) is 0 Å². The first-order chi connectivity index (χ1) is 17.2. The highest BCUT2D eigenvalue weighted by Gasteiger charge is 2.27. The van der Waals surface area contributed by atoms with E-state index in [2.05, 4.69) is 45.6 Å². The zero-order valence-electron chi connectivity index (χ0n) is 18.9. The summed E-state index contributed by atoms with van der Waals surface area (Å²) >= 11 is 0. The number of fused-ring (bicyclic) bond motifs is 3. The predicted octanol–water partition coefficient (Wildman–Crippen LogP) is 5.13. The maximum Gasteiger partial charge on any atom is 0.284 e. The van der Waals surface area contributed by atoms with Crippen LogP contribution in [0.3, 0.4) is 0 Å². The number of amides is 1. The molecule has 0 aliphatic carbocycles. The molecule has 35 heavy (non-hydrogen) atoms. The number of hydrazone groups is 1. The Balaban J connectivity index is 1.17. The first kappa shape index (κ1) is 21.0. The molecule has 6 rings (SSSR count). The second-order valence-corrected chi connectivity index (χ2v) is 8.51. The summed E-state index contributed by atoms with van der Waals surface area (Å²) in [5.41, 5.74) is 5.86. The fourth-order valence-corrected chi connectivity index (χ4v) is 4.41. The van der Waals surface area contributed by atoms with Crippen LogP contribution in [0.25, 0.3) is 21.7 Å². The lowest BCUT2D eigenvalue weighted by Gasteiger charge is -2.25. The molecule has 1 N–H and O–H groups in total. The van der Waals surface area contributed by atoms with Gasteiger partial charge in [0.05, 0.1) is 6.21 Å². The molecule has 2 heterocycles. The summed E-state index contributed by atoms with van der Waals surface area (Å²) in [4.78, 5) is 12.7.